The van der Waals surface area contributed by atoms with Gasteiger partial charge in [0.1, 0.15) is 0 Å². The van der Waals surface area contributed by atoms with E-state index in [1.165, 1.54) is 0 Å². The molecule has 0 spiro atoms. The summed E-state index contributed by atoms with van der Waals surface area (Å²) in [5, 5.41) is 11.9. The molecular formula is C14H16N2O3. The van der Waals surface area contributed by atoms with Gasteiger partial charge in [0.25, 0.3) is 0 Å². The lowest BCUT2D eigenvalue weighted by Gasteiger charge is -2.18. The van der Waals surface area contributed by atoms with Crippen LogP contribution in [0.25, 0.3) is 10.9 Å². The number of carboxylic acid groups (broad SMARTS) is 1. The molecule has 0 saturated carbocycles. The van der Waals surface area contributed by atoms with Crippen LogP contribution in [0, 0.1) is 0 Å². The van der Waals surface area contributed by atoms with Crippen molar-refractivity contribution in [3.8, 4) is 0 Å². The first-order chi connectivity index (χ1) is 9.08. The number of carbonyl (C=O) groups is 1. The number of benzene rings is 1. The van der Waals surface area contributed by atoms with Crippen molar-refractivity contribution in [1.29, 1.82) is 0 Å². The molecule has 1 aliphatic rings. The minimum Gasteiger partial charge on any atom is -0.479 e. The van der Waals surface area contributed by atoms with E-state index in [0.717, 1.165) is 16.6 Å². The number of hydrogen-bond donors (Lipinski definition) is 1. The number of rotatable bonds is 2. The molecule has 0 amide bonds. The molecular weight excluding hydrogens is 244 g/mol. The number of aliphatic carboxylic acids is 1. The van der Waals surface area contributed by atoms with Crippen LogP contribution in [-0.2, 0) is 16.7 Å². The average molecular weight is 260 g/mol. The molecule has 1 N–H and O–H groups in total. The lowest BCUT2D eigenvalue weighted by atomic mass is 10.1. The van der Waals surface area contributed by atoms with Crippen LogP contribution in [0.1, 0.15) is 18.2 Å². The molecule has 5 nitrogen and oxygen atoms in total. The number of aryl methyl sites for hydroxylation is 1. The fraction of sp³-hybridized carbons (Fsp3) is 0.357. The van der Waals surface area contributed by atoms with Crippen molar-refractivity contribution >= 4 is 16.9 Å². The zero-order valence-corrected chi connectivity index (χ0v) is 10.9. The third-order valence-corrected chi connectivity index (χ3v) is 3.78. The summed E-state index contributed by atoms with van der Waals surface area (Å²) in [7, 11) is 3.78. The Morgan fingerprint density at radius 3 is 2.74 bits per heavy atom. The van der Waals surface area contributed by atoms with Crippen molar-refractivity contribution < 1.29 is 14.7 Å². The lowest BCUT2D eigenvalue weighted by Crippen LogP contribution is -2.21. The second-order valence-corrected chi connectivity index (χ2v) is 4.92. The van der Waals surface area contributed by atoms with Gasteiger partial charge < -0.3 is 9.67 Å². The molecule has 0 aliphatic carbocycles. The Hall–Kier alpha value is -1.85. The SMILES string of the molecule is CN1O[C@@H](C(=O)O)C[C@H]1c1cc2ccccc2n1C. The number of aromatic nitrogens is 1. The first-order valence-electron chi connectivity index (χ1n) is 6.24. The molecule has 0 bridgehead atoms. The van der Waals surface area contributed by atoms with Crippen LogP contribution in [0.4, 0.5) is 0 Å². The Morgan fingerprint density at radius 1 is 1.37 bits per heavy atom. The molecule has 1 aromatic heterocycles. The maximum absolute atomic E-state index is 11.0. The van der Waals surface area contributed by atoms with Crippen LogP contribution in [-0.4, -0.2) is 33.9 Å². The van der Waals surface area contributed by atoms with Crippen molar-refractivity contribution in [2.24, 2.45) is 7.05 Å². The average Bonchev–Trinajstić information content (AvgIpc) is 2.91. The van der Waals surface area contributed by atoms with Crippen LogP contribution in [0.3, 0.4) is 0 Å². The van der Waals surface area contributed by atoms with Crippen LogP contribution < -0.4 is 0 Å². The van der Waals surface area contributed by atoms with Gasteiger partial charge in [-0.05, 0) is 17.5 Å². The zero-order valence-electron chi connectivity index (χ0n) is 10.9. The Bertz CT molecular complexity index is 635. The highest BCUT2D eigenvalue weighted by Crippen LogP contribution is 2.35. The Balaban J connectivity index is 2.01. The van der Waals surface area contributed by atoms with E-state index in [1.54, 1.807) is 12.1 Å². The van der Waals surface area contributed by atoms with E-state index in [4.69, 9.17) is 9.94 Å². The Morgan fingerprint density at radius 2 is 2.11 bits per heavy atom. The number of carboxylic acids is 1. The number of fused-ring (bicyclic) bond motifs is 1. The van der Waals surface area contributed by atoms with E-state index in [9.17, 15) is 4.79 Å². The molecule has 1 saturated heterocycles. The lowest BCUT2D eigenvalue weighted by molar-refractivity contribution is -0.177. The standard InChI is InChI=1S/C14H16N2O3/c1-15-10-6-4-3-5-9(10)7-11(15)12-8-13(14(17)18)19-16(12)2/h3-7,12-13H,8H2,1-2H3,(H,17,18)/t12-,13+/m0/s1. The van der Waals surface area contributed by atoms with Gasteiger partial charge in [0.15, 0.2) is 6.10 Å². The molecule has 0 radical (unpaired) electrons. The normalized spacial score (nSPS) is 24.1. The highest BCUT2D eigenvalue weighted by Gasteiger charge is 2.37. The van der Waals surface area contributed by atoms with Gasteiger partial charge in [-0.15, -0.1) is 0 Å². The molecule has 5 heteroatoms. The highest BCUT2D eigenvalue weighted by molar-refractivity contribution is 5.81. The van der Waals surface area contributed by atoms with Gasteiger partial charge >= 0.3 is 5.97 Å². The van der Waals surface area contributed by atoms with E-state index >= 15 is 0 Å². The van der Waals surface area contributed by atoms with Crippen molar-refractivity contribution in [3.63, 3.8) is 0 Å². The molecule has 3 rings (SSSR count). The quantitative estimate of drug-likeness (QED) is 0.896. The van der Waals surface area contributed by atoms with Gasteiger partial charge in [0.2, 0.25) is 0 Å². The second-order valence-electron chi connectivity index (χ2n) is 4.92. The summed E-state index contributed by atoms with van der Waals surface area (Å²) < 4.78 is 2.10. The van der Waals surface area contributed by atoms with E-state index in [1.807, 2.05) is 19.2 Å². The third-order valence-electron chi connectivity index (χ3n) is 3.78. The van der Waals surface area contributed by atoms with Crippen molar-refractivity contribution in [2.45, 2.75) is 18.6 Å². The molecule has 100 valence electrons. The first kappa shape index (κ1) is 12.2. The van der Waals surface area contributed by atoms with Crippen molar-refractivity contribution in [3.05, 3.63) is 36.0 Å². The van der Waals surface area contributed by atoms with Crippen LogP contribution in [0.5, 0.6) is 0 Å². The Kier molecular flexibility index (Phi) is 2.80. The molecule has 2 heterocycles. The monoisotopic (exact) mass is 260 g/mol. The third kappa shape index (κ3) is 1.91. The summed E-state index contributed by atoms with van der Waals surface area (Å²) in [5.74, 6) is -0.909. The van der Waals surface area contributed by atoms with E-state index < -0.39 is 12.1 Å². The summed E-state index contributed by atoms with van der Waals surface area (Å²) in [6.45, 7) is 0. The highest BCUT2D eigenvalue weighted by atomic mass is 16.7. The molecule has 1 fully saturated rings. The van der Waals surface area contributed by atoms with Gasteiger partial charge in [-0.25, -0.2) is 4.79 Å². The maximum atomic E-state index is 11.0. The van der Waals surface area contributed by atoms with E-state index in [-0.39, 0.29) is 6.04 Å². The number of hydrogen-bond acceptors (Lipinski definition) is 3. The van der Waals surface area contributed by atoms with Crippen LogP contribution in [0.15, 0.2) is 30.3 Å². The predicted molar refractivity (Wildman–Crippen MR) is 70.5 cm³/mol. The van der Waals surface area contributed by atoms with Crippen LogP contribution >= 0.6 is 0 Å². The molecule has 1 aliphatic heterocycles. The maximum Gasteiger partial charge on any atom is 0.335 e. The predicted octanol–water partition coefficient (Wildman–Crippen LogP) is 1.94. The molecule has 0 unspecified atom stereocenters. The van der Waals surface area contributed by atoms with E-state index in [0.29, 0.717) is 6.42 Å². The smallest absolute Gasteiger partial charge is 0.335 e. The number of hydroxylamine groups is 2. The zero-order chi connectivity index (χ0) is 13.6. The Labute approximate surface area is 110 Å². The second kappa shape index (κ2) is 4.36. The van der Waals surface area contributed by atoms with Gasteiger partial charge in [-0.1, -0.05) is 18.2 Å². The molecule has 2 aromatic rings. The van der Waals surface area contributed by atoms with Crippen molar-refractivity contribution in [2.75, 3.05) is 7.05 Å². The summed E-state index contributed by atoms with van der Waals surface area (Å²) in [6, 6.07) is 10.2. The van der Waals surface area contributed by atoms with Gasteiger partial charge in [-0.2, -0.15) is 5.06 Å². The summed E-state index contributed by atoms with van der Waals surface area (Å²) in [6.07, 6.45) is -0.288. The minimum atomic E-state index is -0.909. The minimum absolute atomic E-state index is 0.0292. The number of nitrogens with zero attached hydrogens (tertiary/aromatic N) is 2. The van der Waals surface area contributed by atoms with Gasteiger partial charge in [-0.3, -0.25) is 4.84 Å². The first-order valence-corrected chi connectivity index (χ1v) is 6.24. The molecule has 1 aromatic carbocycles. The molecule has 2 atom stereocenters. The van der Waals surface area contributed by atoms with Gasteiger partial charge in [0, 0.05) is 31.7 Å². The largest absolute Gasteiger partial charge is 0.479 e. The van der Waals surface area contributed by atoms with E-state index in [2.05, 4.69) is 22.8 Å². The topological polar surface area (TPSA) is 54.7 Å². The van der Waals surface area contributed by atoms with Gasteiger partial charge in [0.05, 0.1) is 6.04 Å². The molecule has 19 heavy (non-hydrogen) atoms. The fourth-order valence-electron chi connectivity index (χ4n) is 2.75. The number of para-hydroxylation sites is 1. The summed E-state index contributed by atoms with van der Waals surface area (Å²) in [4.78, 5) is 16.4. The van der Waals surface area contributed by atoms with Crippen molar-refractivity contribution in [1.82, 2.24) is 9.63 Å². The summed E-state index contributed by atoms with van der Waals surface area (Å²) >= 11 is 0. The fourth-order valence-corrected chi connectivity index (χ4v) is 2.75. The van der Waals surface area contributed by atoms with Crippen LogP contribution in [0.2, 0.25) is 0 Å². The summed E-state index contributed by atoms with van der Waals surface area (Å²) in [5.41, 5.74) is 2.22.